The van der Waals surface area contributed by atoms with E-state index in [2.05, 4.69) is 15.7 Å². The van der Waals surface area contributed by atoms with E-state index in [1.54, 1.807) is 10.9 Å². The van der Waals surface area contributed by atoms with E-state index in [0.29, 0.717) is 6.54 Å². The van der Waals surface area contributed by atoms with Crippen LogP contribution in [0.2, 0.25) is 0 Å². The van der Waals surface area contributed by atoms with Gasteiger partial charge < -0.3 is 15.4 Å². The van der Waals surface area contributed by atoms with Crippen molar-refractivity contribution in [2.75, 3.05) is 0 Å². The Hall–Kier alpha value is -1.56. The van der Waals surface area contributed by atoms with Gasteiger partial charge >= 0.3 is 6.03 Å². The minimum atomic E-state index is -0.356. The largest absolute Gasteiger partial charge is 0.367 e. The van der Waals surface area contributed by atoms with Crippen LogP contribution in [0.15, 0.2) is 6.20 Å². The lowest BCUT2D eigenvalue weighted by Gasteiger charge is -2.27. The van der Waals surface area contributed by atoms with E-state index in [0.717, 1.165) is 17.7 Å². The molecule has 1 fully saturated rings. The molecule has 1 saturated heterocycles. The van der Waals surface area contributed by atoms with Gasteiger partial charge in [-0.3, -0.25) is 4.68 Å². The van der Waals surface area contributed by atoms with E-state index in [9.17, 15) is 4.79 Å². The van der Waals surface area contributed by atoms with Gasteiger partial charge in [-0.05, 0) is 41.0 Å². The average molecular weight is 294 g/mol. The molecule has 2 rings (SSSR count). The summed E-state index contributed by atoms with van der Waals surface area (Å²) in [5, 5.41) is 10.1. The van der Waals surface area contributed by atoms with Crippen LogP contribution < -0.4 is 10.6 Å². The van der Waals surface area contributed by atoms with Crippen molar-refractivity contribution < 1.29 is 9.53 Å². The monoisotopic (exact) mass is 294 g/mol. The molecule has 1 unspecified atom stereocenters. The van der Waals surface area contributed by atoms with E-state index in [1.165, 1.54) is 0 Å². The molecule has 1 aromatic rings. The van der Waals surface area contributed by atoms with Crippen molar-refractivity contribution in [3.05, 3.63) is 17.5 Å². The van der Waals surface area contributed by atoms with Crippen molar-refractivity contribution in [2.45, 2.75) is 64.8 Å². The minimum absolute atomic E-state index is 0.00231. The highest BCUT2D eigenvalue weighted by atomic mass is 16.5. The van der Waals surface area contributed by atoms with Gasteiger partial charge in [0.15, 0.2) is 0 Å². The van der Waals surface area contributed by atoms with Crippen LogP contribution in [0.4, 0.5) is 4.79 Å². The summed E-state index contributed by atoms with van der Waals surface area (Å²) in [7, 11) is 1.89. The third-order valence-electron chi connectivity index (χ3n) is 4.16. The quantitative estimate of drug-likeness (QED) is 0.894. The molecule has 2 N–H and O–H groups in total. The number of aromatic nitrogens is 2. The molecule has 0 radical (unpaired) electrons. The molecule has 6 heteroatoms. The Kier molecular flexibility index (Phi) is 4.02. The molecule has 2 amide bonds. The van der Waals surface area contributed by atoms with Crippen LogP contribution in [-0.4, -0.2) is 33.1 Å². The fourth-order valence-electron chi connectivity index (χ4n) is 2.89. The fourth-order valence-corrected chi connectivity index (χ4v) is 2.89. The van der Waals surface area contributed by atoms with E-state index in [-0.39, 0.29) is 23.3 Å². The zero-order valence-corrected chi connectivity index (χ0v) is 13.8. The van der Waals surface area contributed by atoms with Crippen LogP contribution in [0.25, 0.3) is 0 Å². The van der Waals surface area contributed by atoms with Gasteiger partial charge in [-0.2, -0.15) is 5.10 Å². The number of nitrogens with one attached hydrogen (secondary N) is 2. The second kappa shape index (κ2) is 5.33. The molecule has 1 aromatic heterocycles. The number of carbonyl (C=O) groups excluding carboxylic acids is 1. The second-order valence-electron chi connectivity index (χ2n) is 6.93. The second-order valence-corrected chi connectivity index (χ2v) is 6.93. The Morgan fingerprint density at radius 1 is 1.48 bits per heavy atom. The van der Waals surface area contributed by atoms with Crippen molar-refractivity contribution in [1.29, 1.82) is 0 Å². The highest BCUT2D eigenvalue weighted by Gasteiger charge is 2.46. The van der Waals surface area contributed by atoms with Crippen LogP contribution in [-0.2, 0) is 18.3 Å². The molecule has 21 heavy (non-hydrogen) atoms. The fraction of sp³-hybridized carbons (Fsp3) is 0.733. The van der Waals surface area contributed by atoms with Gasteiger partial charge in [0.2, 0.25) is 0 Å². The summed E-state index contributed by atoms with van der Waals surface area (Å²) < 4.78 is 7.78. The number of aryl methyl sites for hydroxylation is 1. The Morgan fingerprint density at radius 2 is 2.14 bits per heavy atom. The Labute approximate surface area is 126 Å². The molecule has 0 bridgehead atoms. The van der Waals surface area contributed by atoms with Crippen LogP contribution in [0, 0.1) is 6.92 Å². The Morgan fingerprint density at radius 3 is 2.62 bits per heavy atom. The molecule has 0 spiro atoms. The summed E-state index contributed by atoms with van der Waals surface area (Å²) in [5.74, 6) is 0. The number of ether oxygens (including phenoxy) is 1. The molecule has 6 nitrogen and oxygen atoms in total. The summed E-state index contributed by atoms with van der Waals surface area (Å²) >= 11 is 0. The molecule has 0 aromatic carbocycles. The molecule has 0 saturated carbocycles. The maximum Gasteiger partial charge on any atom is 0.315 e. The van der Waals surface area contributed by atoms with Crippen LogP contribution >= 0.6 is 0 Å². The zero-order valence-electron chi connectivity index (χ0n) is 13.8. The van der Waals surface area contributed by atoms with Crippen LogP contribution in [0.1, 0.15) is 45.4 Å². The first kappa shape index (κ1) is 15.8. The lowest BCUT2D eigenvalue weighted by molar-refractivity contribution is -0.0690. The molecule has 2 heterocycles. The summed E-state index contributed by atoms with van der Waals surface area (Å²) in [6.45, 7) is 10.6. The summed E-state index contributed by atoms with van der Waals surface area (Å²) in [4.78, 5) is 12.1. The molecular formula is C15H26N4O2. The number of urea groups is 1. The van der Waals surface area contributed by atoms with Crippen molar-refractivity contribution in [3.8, 4) is 0 Å². The lowest BCUT2D eigenvalue weighted by atomic mass is 9.95. The first-order valence-electron chi connectivity index (χ1n) is 7.33. The molecule has 1 atom stereocenters. The van der Waals surface area contributed by atoms with Crippen molar-refractivity contribution in [3.63, 3.8) is 0 Å². The predicted octanol–water partition coefficient (Wildman–Crippen LogP) is 1.87. The first-order valence-corrected chi connectivity index (χ1v) is 7.33. The van der Waals surface area contributed by atoms with Gasteiger partial charge in [-0.15, -0.1) is 0 Å². The SMILES string of the molecule is Cc1c(CNC(=O)NC2CC(C)(C)OC2(C)C)cnn1C. The van der Waals surface area contributed by atoms with Gasteiger partial charge in [0.25, 0.3) is 0 Å². The van der Waals surface area contributed by atoms with Crippen molar-refractivity contribution in [2.24, 2.45) is 7.05 Å². The number of rotatable bonds is 3. The Balaban J connectivity index is 1.89. The minimum Gasteiger partial charge on any atom is -0.367 e. The van der Waals surface area contributed by atoms with Crippen molar-refractivity contribution >= 4 is 6.03 Å². The number of hydrogen-bond acceptors (Lipinski definition) is 3. The molecule has 118 valence electrons. The standard InChI is InChI=1S/C15H26N4O2/c1-10-11(9-17-19(10)6)8-16-13(20)18-12-7-14(2,3)21-15(12,4)5/h9,12H,7-8H2,1-6H3,(H2,16,18,20). The summed E-state index contributed by atoms with van der Waals surface area (Å²) in [5.41, 5.74) is 1.52. The van der Waals surface area contributed by atoms with E-state index in [4.69, 9.17) is 4.74 Å². The summed E-state index contributed by atoms with van der Waals surface area (Å²) in [6.07, 6.45) is 2.58. The van der Waals surface area contributed by atoms with Gasteiger partial charge in [-0.25, -0.2) is 4.79 Å². The van der Waals surface area contributed by atoms with E-state index >= 15 is 0 Å². The zero-order chi connectivity index (χ0) is 15.8. The smallest absolute Gasteiger partial charge is 0.315 e. The van der Waals surface area contributed by atoms with Gasteiger partial charge in [0.05, 0.1) is 23.4 Å². The van der Waals surface area contributed by atoms with Crippen molar-refractivity contribution in [1.82, 2.24) is 20.4 Å². The number of carbonyl (C=O) groups is 1. The average Bonchev–Trinajstić information content (AvgIpc) is 2.75. The Bertz CT molecular complexity index is 534. The van der Waals surface area contributed by atoms with Crippen LogP contribution in [0.3, 0.4) is 0 Å². The number of hydrogen-bond donors (Lipinski definition) is 2. The lowest BCUT2D eigenvalue weighted by Crippen LogP contribution is -2.49. The third kappa shape index (κ3) is 3.56. The topological polar surface area (TPSA) is 68.2 Å². The maximum atomic E-state index is 12.1. The summed E-state index contributed by atoms with van der Waals surface area (Å²) in [6, 6.07) is -0.167. The maximum absolute atomic E-state index is 12.1. The van der Waals surface area contributed by atoms with E-state index < -0.39 is 0 Å². The van der Waals surface area contributed by atoms with Gasteiger partial charge in [0, 0.05) is 24.8 Å². The predicted molar refractivity (Wildman–Crippen MR) is 81.0 cm³/mol. The number of nitrogens with zero attached hydrogens (tertiary/aromatic N) is 2. The highest BCUT2D eigenvalue weighted by molar-refractivity contribution is 5.74. The highest BCUT2D eigenvalue weighted by Crippen LogP contribution is 2.37. The third-order valence-corrected chi connectivity index (χ3v) is 4.16. The normalized spacial score (nSPS) is 23.0. The molecule has 0 aliphatic carbocycles. The van der Waals surface area contributed by atoms with Gasteiger partial charge in [0.1, 0.15) is 0 Å². The molecular weight excluding hydrogens is 268 g/mol. The number of amides is 2. The van der Waals surface area contributed by atoms with E-state index in [1.807, 2.05) is 41.7 Å². The van der Waals surface area contributed by atoms with Gasteiger partial charge in [-0.1, -0.05) is 0 Å². The first-order chi connectivity index (χ1) is 9.61. The van der Waals surface area contributed by atoms with Crippen LogP contribution in [0.5, 0.6) is 0 Å². The molecule has 1 aliphatic rings. The molecule has 1 aliphatic heterocycles.